The molecule has 2 aliphatic heterocycles. The zero-order valence-electron chi connectivity index (χ0n) is 16.8. The lowest BCUT2D eigenvalue weighted by Crippen LogP contribution is -2.48. The number of benzene rings is 1. The number of anilines is 2. The first-order chi connectivity index (χ1) is 14.1. The fourth-order valence-corrected chi connectivity index (χ4v) is 4.25. The number of nitrogens with one attached hydrogen (secondary N) is 2. The Bertz CT molecular complexity index is 855. The second kappa shape index (κ2) is 8.82. The van der Waals surface area contributed by atoms with Crippen LogP contribution in [0.2, 0.25) is 0 Å². The molecule has 1 fully saturated rings. The van der Waals surface area contributed by atoms with Crippen molar-refractivity contribution >= 4 is 17.5 Å². The minimum absolute atomic E-state index is 0.0405. The van der Waals surface area contributed by atoms with Crippen molar-refractivity contribution in [2.75, 3.05) is 38.0 Å². The summed E-state index contributed by atoms with van der Waals surface area (Å²) in [5.41, 5.74) is 1.69. The van der Waals surface area contributed by atoms with E-state index in [1.54, 1.807) is 6.07 Å². The molecule has 1 aromatic carbocycles. The summed E-state index contributed by atoms with van der Waals surface area (Å²) >= 11 is 0. The SMILES string of the molecule is CCNC(=O)N1CCC[C@@H](CN2CCc3onc(Nc4cccc(F)c4)c3C2)C1. The Hall–Kier alpha value is -2.61. The highest BCUT2D eigenvalue weighted by Crippen LogP contribution is 2.29. The van der Waals surface area contributed by atoms with Gasteiger partial charge in [-0.25, -0.2) is 9.18 Å². The molecule has 2 N–H and O–H groups in total. The van der Waals surface area contributed by atoms with Crippen LogP contribution in [0.3, 0.4) is 0 Å². The molecule has 2 aliphatic rings. The Labute approximate surface area is 170 Å². The van der Waals surface area contributed by atoms with Crippen LogP contribution in [-0.4, -0.2) is 53.7 Å². The molecule has 1 saturated heterocycles. The van der Waals surface area contributed by atoms with Crippen molar-refractivity contribution < 1.29 is 13.7 Å². The zero-order valence-corrected chi connectivity index (χ0v) is 16.8. The number of likely N-dealkylation sites (tertiary alicyclic amines) is 1. The number of carbonyl (C=O) groups is 1. The Morgan fingerprint density at radius 3 is 3.10 bits per heavy atom. The summed E-state index contributed by atoms with van der Waals surface area (Å²) in [6, 6.07) is 6.38. The minimum atomic E-state index is -0.289. The van der Waals surface area contributed by atoms with Gasteiger partial charge in [0.05, 0.1) is 5.56 Å². The third-order valence-corrected chi connectivity index (χ3v) is 5.64. The fraction of sp³-hybridized carbons (Fsp3) is 0.524. The predicted octanol–water partition coefficient (Wildman–Crippen LogP) is 3.36. The molecule has 156 valence electrons. The van der Waals surface area contributed by atoms with Gasteiger partial charge in [0, 0.05) is 51.4 Å². The van der Waals surface area contributed by atoms with Crippen LogP contribution in [0.4, 0.5) is 20.7 Å². The molecule has 1 aromatic heterocycles. The molecule has 1 atom stereocenters. The van der Waals surface area contributed by atoms with Crippen molar-refractivity contribution in [1.82, 2.24) is 20.3 Å². The van der Waals surface area contributed by atoms with Gasteiger partial charge in [0.25, 0.3) is 0 Å². The van der Waals surface area contributed by atoms with Gasteiger partial charge in [-0.1, -0.05) is 11.2 Å². The lowest BCUT2D eigenvalue weighted by Gasteiger charge is -2.36. The maximum absolute atomic E-state index is 13.5. The molecule has 0 unspecified atom stereocenters. The van der Waals surface area contributed by atoms with Crippen molar-refractivity contribution in [2.45, 2.75) is 32.7 Å². The van der Waals surface area contributed by atoms with Gasteiger partial charge in [-0.15, -0.1) is 0 Å². The van der Waals surface area contributed by atoms with E-state index in [1.165, 1.54) is 12.1 Å². The molecule has 0 aliphatic carbocycles. The summed E-state index contributed by atoms with van der Waals surface area (Å²) < 4.78 is 19.0. The molecule has 0 bridgehead atoms. The number of aromatic nitrogens is 1. The zero-order chi connectivity index (χ0) is 20.2. The van der Waals surface area contributed by atoms with Crippen molar-refractivity contribution in [3.8, 4) is 0 Å². The normalized spacial score (nSPS) is 19.7. The monoisotopic (exact) mass is 401 g/mol. The molecular weight excluding hydrogens is 373 g/mol. The smallest absolute Gasteiger partial charge is 0.317 e. The van der Waals surface area contributed by atoms with Crippen LogP contribution in [-0.2, 0) is 13.0 Å². The van der Waals surface area contributed by atoms with Crippen molar-refractivity contribution in [3.63, 3.8) is 0 Å². The van der Waals surface area contributed by atoms with Crippen LogP contribution >= 0.6 is 0 Å². The molecular formula is C21H28FN5O2. The third kappa shape index (κ3) is 4.70. The highest BCUT2D eigenvalue weighted by molar-refractivity contribution is 5.74. The topological polar surface area (TPSA) is 73.6 Å². The summed E-state index contributed by atoms with van der Waals surface area (Å²) in [6.07, 6.45) is 2.98. The Balaban J connectivity index is 1.38. The van der Waals surface area contributed by atoms with Crippen molar-refractivity contribution in [2.24, 2.45) is 5.92 Å². The number of fused-ring (bicyclic) bond motifs is 1. The average Bonchev–Trinajstić information content (AvgIpc) is 3.10. The first-order valence-electron chi connectivity index (χ1n) is 10.4. The number of piperidine rings is 1. The molecule has 7 nitrogen and oxygen atoms in total. The van der Waals surface area contributed by atoms with E-state index in [1.807, 2.05) is 17.9 Å². The molecule has 0 radical (unpaired) electrons. The van der Waals surface area contributed by atoms with Gasteiger partial charge in [0.1, 0.15) is 11.6 Å². The van der Waals surface area contributed by atoms with Crippen LogP contribution in [0.15, 0.2) is 28.8 Å². The molecule has 8 heteroatoms. The molecule has 3 heterocycles. The van der Waals surface area contributed by atoms with E-state index in [0.29, 0.717) is 24.0 Å². The van der Waals surface area contributed by atoms with Gasteiger partial charge in [-0.05, 0) is 43.9 Å². The van der Waals surface area contributed by atoms with Gasteiger partial charge in [-0.2, -0.15) is 0 Å². The number of hydrogen-bond donors (Lipinski definition) is 2. The summed E-state index contributed by atoms with van der Waals surface area (Å²) in [4.78, 5) is 16.5. The standard InChI is InChI=1S/C21H28FN5O2/c1-2-23-21(28)27-9-4-5-15(13-27)12-26-10-8-19-18(14-26)20(25-29-19)24-17-7-3-6-16(22)11-17/h3,6-7,11,15H,2,4-5,8-10,12-14H2,1H3,(H,23,28)(H,24,25)/t15-/m0/s1. The van der Waals surface area contributed by atoms with Gasteiger partial charge < -0.3 is 20.1 Å². The summed E-state index contributed by atoms with van der Waals surface area (Å²) in [5.74, 6) is 1.73. The van der Waals surface area contributed by atoms with E-state index >= 15 is 0 Å². The Morgan fingerprint density at radius 2 is 2.28 bits per heavy atom. The summed E-state index contributed by atoms with van der Waals surface area (Å²) in [7, 11) is 0. The lowest BCUT2D eigenvalue weighted by atomic mass is 9.96. The van der Waals surface area contributed by atoms with Gasteiger partial charge in [0.15, 0.2) is 5.82 Å². The Kier molecular flexibility index (Phi) is 5.99. The first kappa shape index (κ1) is 19.7. The van der Waals surface area contributed by atoms with Crippen molar-refractivity contribution in [3.05, 3.63) is 41.4 Å². The lowest BCUT2D eigenvalue weighted by molar-refractivity contribution is 0.132. The Morgan fingerprint density at radius 1 is 1.38 bits per heavy atom. The van der Waals surface area contributed by atoms with Gasteiger partial charge in [-0.3, -0.25) is 4.90 Å². The average molecular weight is 401 g/mol. The maximum Gasteiger partial charge on any atom is 0.317 e. The van der Waals surface area contributed by atoms with E-state index in [0.717, 1.165) is 63.3 Å². The third-order valence-electron chi connectivity index (χ3n) is 5.64. The predicted molar refractivity (Wildman–Crippen MR) is 109 cm³/mol. The second-order valence-electron chi connectivity index (χ2n) is 7.84. The number of rotatable bonds is 5. The number of halogens is 1. The molecule has 0 spiro atoms. The number of carbonyl (C=O) groups excluding carboxylic acids is 1. The largest absolute Gasteiger partial charge is 0.359 e. The minimum Gasteiger partial charge on any atom is -0.359 e. The fourth-order valence-electron chi connectivity index (χ4n) is 4.25. The van der Waals surface area contributed by atoms with Gasteiger partial charge in [0.2, 0.25) is 0 Å². The van der Waals surface area contributed by atoms with Crippen LogP contribution in [0.5, 0.6) is 0 Å². The molecule has 2 amide bonds. The second-order valence-corrected chi connectivity index (χ2v) is 7.84. The van der Waals surface area contributed by atoms with E-state index in [-0.39, 0.29) is 11.8 Å². The molecule has 29 heavy (non-hydrogen) atoms. The summed E-state index contributed by atoms with van der Waals surface area (Å²) in [5, 5.41) is 10.2. The van der Waals surface area contributed by atoms with Crippen LogP contribution in [0.1, 0.15) is 31.1 Å². The van der Waals surface area contributed by atoms with Crippen molar-refractivity contribution in [1.29, 1.82) is 0 Å². The molecule has 2 aromatic rings. The number of hydrogen-bond acceptors (Lipinski definition) is 5. The van der Waals surface area contributed by atoms with E-state index in [9.17, 15) is 9.18 Å². The van der Waals surface area contributed by atoms with E-state index in [4.69, 9.17) is 4.52 Å². The highest BCUT2D eigenvalue weighted by atomic mass is 19.1. The number of amides is 2. The first-order valence-corrected chi connectivity index (χ1v) is 10.4. The number of nitrogens with zero attached hydrogens (tertiary/aromatic N) is 3. The highest BCUT2D eigenvalue weighted by Gasteiger charge is 2.29. The van der Waals surface area contributed by atoms with E-state index < -0.39 is 0 Å². The van der Waals surface area contributed by atoms with E-state index in [2.05, 4.69) is 20.7 Å². The van der Waals surface area contributed by atoms with Crippen LogP contribution < -0.4 is 10.6 Å². The van der Waals surface area contributed by atoms with Crippen LogP contribution in [0, 0.1) is 11.7 Å². The molecule has 4 rings (SSSR count). The number of urea groups is 1. The quantitative estimate of drug-likeness (QED) is 0.804. The summed E-state index contributed by atoms with van der Waals surface area (Å²) in [6.45, 7) is 6.84. The molecule has 0 saturated carbocycles. The van der Waals surface area contributed by atoms with Gasteiger partial charge >= 0.3 is 6.03 Å². The van der Waals surface area contributed by atoms with Crippen LogP contribution in [0.25, 0.3) is 0 Å². The maximum atomic E-state index is 13.5.